The minimum Gasteiger partial charge on any atom is -0.382 e. The highest BCUT2D eigenvalue weighted by Gasteiger charge is 2.22. The molecule has 1 aliphatic rings. The number of nitrogens with one attached hydrogen (secondary N) is 2. The first-order chi connectivity index (χ1) is 10.6. The number of benzene rings is 2. The molecule has 3 rings (SSSR count). The maximum absolute atomic E-state index is 13.2. The zero-order valence-electron chi connectivity index (χ0n) is 11.5. The summed E-state index contributed by atoms with van der Waals surface area (Å²) < 4.78 is 39.4. The van der Waals surface area contributed by atoms with Crippen molar-refractivity contribution in [3.05, 3.63) is 53.8 Å². The Balaban J connectivity index is 1.82. The third-order valence-electron chi connectivity index (χ3n) is 3.46. The van der Waals surface area contributed by atoms with Gasteiger partial charge < -0.3 is 20.6 Å². The van der Waals surface area contributed by atoms with Gasteiger partial charge in [0.25, 0.3) is 0 Å². The first kappa shape index (κ1) is 14.5. The summed E-state index contributed by atoms with van der Waals surface area (Å²) in [5.74, 6) is -4.15. The summed E-state index contributed by atoms with van der Waals surface area (Å²) in [5, 5.41) is 16.0. The first-order valence-electron chi connectivity index (χ1n) is 6.75. The fourth-order valence-corrected chi connectivity index (χ4v) is 2.42. The van der Waals surface area contributed by atoms with Crippen LogP contribution in [0.15, 0.2) is 36.4 Å². The van der Waals surface area contributed by atoms with Gasteiger partial charge in [0.1, 0.15) is 0 Å². The number of hydrogen-bond donors (Lipinski definition) is 3. The first-order valence-corrected chi connectivity index (χ1v) is 6.75. The average Bonchev–Trinajstić information content (AvgIpc) is 2.52. The van der Waals surface area contributed by atoms with E-state index in [9.17, 15) is 18.3 Å². The van der Waals surface area contributed by atoms with Crippen molar-refractivity contribution in [2.75, 3.05) is 28.6 Å². The van der Waals surface area contributed by atoms with Crippen LogP contribution in [0.4, 0.5) is 30.2 Å². The van der Waals surface area contributed by atoms with E-state index >= 15 is 0 Å². The van der Waals surface area contributed by atoms with Gasteiger partial charge in [-0.3, -0.25) is 0 Å². The van der Waals surface area contributed by atoms with Crippen molar-refractivity contribution in [1.29, 1.82) is 0 Å². The summed E-state index contributed by atoms with van der Waals surface area (Å²) in [6, 6.07) is 8.97. The molecule has 2 aromatic rings. The highest BCUT2D eigenvalue weighted by atomic mass is 19.2. The molecule has 0 saturated heterocycles. The van der Waals surface area contributed by atoms with Crippen LogP contribution < -0.4 is 15.5 Å². The minimum absolute atomic E-state index is 0.0417. The number of halogens is 3. The van der Waals surface area contributed by atoms with Crippen LogP contribution in [-0.2, 0) is 0 Å². The zero-order valence-corrected chi connectivity index (χ0v) is 11.5. The molecule has 7 heteroatoms. The summed E-state index contributed by atoms with van der Waals surface area (Å²) >= 11 is 0. The van der Waals surface area contributed by atoms with Gasteiger partial charge in [0.05, 0.1) is 11.4 Å². The minimum atomic E-state index is -1.53. The molecule has 0 aliphatic carbocycles. The van der Waals surface area contributed by atoms with Crippen LogP contribution in [0.1, 0.15) is 0 Å². The lowest BCUT2D eigenvalue weighted by molar-refractivity contribution is 0.197. The van der Waals surface area contributed by atoms with Crippen LogP contribution in [0.25, 0.3) is 0 Å². The fraction of sp³-hybridized carbons (Fsp3) is 0.200. The van der Waals surface area contributed by atoms with Crippen molar-refractivity contribution >= 4 is 17.1 Å². The van der Waals surface area contributed by atoms with Crippen LogP contribution in [0.2, 0.25) is 0 Å². The molecule has 0 fully saturated rings. The number of rotatable bonds is 3. The van der Waals surface area contributed by atoms with Gasteiger partial charge in [-0.25, -0.2) is 13.2 Å². The van der Waals surface area contributed by atoms with Crippen molar-refractivity contribution in [3.63, 3.8) is 0 Å². The largest absolute Gasteiger partial charge is 0.382 e. The molecule has 0 spiro atoms. The molecular formula is C15H14F3N3O. The Labute approximate surface area is 125 Å². The molecule has 0 aromatic heterocycles. The Morgan fingerprint density at radius 1 is 1.14 bits per heavy atom. The fourth-order valence-electron chi connectivity index (χ4n) is 2.42. The average molecular weight is 309 g/mol. The van der Waals surface area contributed by atoms with Crippen LogP contribution >= 0.6 is 0 Å². The number of hydrogen-bond acceptors (Lipinski definition) is 4. The van der Waals surface area contributed by atoms with Gasteiger partial charge in [-0.1, -0.05) is 12.1 Å². The van der Waals surface area contributed by atoms with E-state index in [0.29, 0.717) is 13.1 Å². The molecule has 0 radical (unpaired) electrons. The van der Waals surface area contributed by atoms with E-state index in [4.69, 9.17) is 0 Å². The van der Waals surface area contributed by atoms with Crippen molar-refractivity contribution < 1.29 is 18.3 Å². The SMILES string of the molecule is OC(Nc1cc(F)c(F)c(F)c1)N1CCNc2ccccc21. The maximum Gasteiger partial charge on any atom is 0.205 e. The third-order valence-corrected chi connectivity index (χ3v) is 3.46. The summed E-state index contributed by atoms with van der Waals surface area (Å²) in [4.78, 5) is 1.64. The lowest BCUT2D eigenvalue weighted by atomic mass is 10.2. The monoisotopic (exact) mass is 309 g/mol. The van der Waals surface area contributed by atoms with E-state index in [-0.39, 0.29) is 5.69 Å². The Bertz CT molecular complexity index is 672. The lowest BCUT2D eigenvalue weighted by Crippen LogP contribution is -2.46. The second kappa shape index (κ2) is 5.76. The van der Waals surface area contributed by atoms with Crippen molar-refractivity contribution in [2.45, 2.75) is 6.35 Å². The Morgan fingerprint density at radius 2 is 1.82 bits per heavy atom. The third kappa shape index (κ3) is 2.67. The van der Waals surface area contributed by atoms with Gasteiger partial charge in [-0.05, 0) is 12.1 Å². The van der Waals surface area contributed by atoms with E-state index < -0.39 is 23.8 Å². The van der Waals surface area contributed by atoms with Crippen LogP contribution in [-0.4, -0.2) is 24.5 Å². The highest BCUT2D eigenvalue weighted by molar-refractivity contribution is 5.72. The Hall–Kier alpha value is -2.41. The smallest absolute Gasteiger partial charge is 0.205 e. The van der Waals surface area contributed by atoms with Crippen molar-refractivity contribution in [1.82, 2.24) is 0 Å². The molecule has 0 amide bonds. The Morgan fingerprint density at radius 3 is 2.55 bits per heavy atom. The van der Waals surface area contributed by atoms with Crippen LogP contribution in [0.5, 0.6) is 0 Å². The quantitative estimate of drug-likeness (QED) is 0.603. The lowest BCUT2D eigenvalue weighted by Gasteiger charge is -2.36. The second-order valence-electron chi connectivity index (χ2n) is 4.91. The van der Waals surface area contributed by atoms with Gasteiger partial charge in [-0.2, -0.15) is 0 Å². The second-order valence-corrected chi connectivity index (χ2v) is 4.91. The number of para-hydroxylation sites is 2. The predicted octanol–water partition coefficient (Wildman–Crippen LogP) is 2.72. The normalized spacial score (nSPS) is 15.0. The molecule has 3 N–H and O–H groups in total. The van der Waals surface area contributed by atoms with E-state index in [1.54, 1.807) is 4.90 Å². The number of fused-ring (bicyclic) bond motifs is 1. The summed E-state index contributed by atoms with van der Waals surface area (Å²) in [6.07, 6.45) is -1.20. The van der Waals surface area contributed by atoms with Gasteiger partial charge in [0.2, 0.25) is 6.35 Å². The van der Waals surface area contributed by atoms with Crippen molar-refractivity contribution in [3.8, 4) is 0 Å². The summed E-state index contributed by atoms with van der Waals surface area (Å²) in [6.45, 7) is 1.11. The van der Waals surface area contributed by atoms with E-state index in [1.165, 1.54) is 0 Å². The van der Waals surface area contributed by atoms with E-state index in [0.717, 1.165) is 23.5 Å². The van der Waals surface area contributed by atoms with Gasteiger partial charge in [0, 0.05) is 30.9 Å². The molecule has 1 aliphatic heterocycles. The molecular weight excluding hydrogens is 295 g/mol. The van der Waals surface area contributed by atoms with Gasteiger partial charge in [-0.15, -0.1) is 0 Å². The molecule has 1 heterocycles. The number of aliphatic hydroxyl groups is 1. The molecule has 116 valence electrons. The Kier molecular flexibility index (Phi) is 3.81. The summed E-state index contributed by atoms with van der Waals surface area (Å²) in [5.41, 5.74) is 1.57. The maximum atomic E-state index is 13.2. The van der Waals surface area contributed by atoms with Crippen LogP contribution in [0.3, 0.4) is 0 Å². The van der Waals surface area contributed by atoms with Gasteiger partial charge >= 0.3 is 0 Å². The molecule has 1 atom stereocenters. The molecule has 2 aromatic carbocycles. The standard InChI is InChI=1S/C15H14F3N3O/c16-10-7-9(8-11(17)14(10)18)20-15(22)21-6-5-19-12-3-1-2-4-13(12)21/h1-4,7-8,15,19-20,22H,5-6H2. The van der Waals surface area contributed by atoms with Gasteiger partial charge in [0.15, 0.2) is 17.5 Å². The van der Waals surface area contributed by atoms with E-state index in [2.05, 4.69) is 10.6 Å². The molecule has 0 saturated carbocycles. The van der Waals surface area contributed by atoms with Crippen LogP contribution in [0, 0.1) is 17.5 Å². The molecule has 4 nitrogen and oxygen atoms in total. The number of aliphatic hydroxyl groups excluding tert-OH is 1. The van der Waals surface area contributed by atoms with E-state index in [1.807, 2.05) is 24.3 Å². The molecule has 0 bridgehead atoms. The number of nitrogens with zero attached hydrogens (tertiary/aromatic N) is 1. The molecule has 1 unspecified atom stereocenters. The highest BCUT2D eigenvalue weighted by Crippen LogP contribution is 2.30. The number of anilines is 3. The topological polar surface area (TPSA) is 47.5 Å². The summed E-state index contributed by atoms with van der Waals surface area (Å²) in [7, 11) is 0. The van der Waals surface area contributed by atoms with Crippen molar-refractivity contribution in [2.24, 2.45) is 0 Å². The molecule has 22 heavy (non-hydrogen) atoms. The predicted molar refractivity (Wildman–Crippen MR) is 78.2 cm³/mol. The zero-order chi connectivity index (χ0) is 15.7.